The van der Waals surface area contributed by atoms with Gasteiger partial charge in [0.25, 0.3) is 0 Å². The van der Waals surface area contributed by atoms with E-state index in [0.29, 0.717) is 27.0 Å². The number of nitrogens with two attached hydrogens (primary N) is 1. The second kappa shape index (κ2) is 8.84. The number of rotatable bonds is 6. The van der Waals surface area contributed by atoms with E-state index in [4.69, 9.17) is 33.7 Å². The molecular formula is C16H15Cl2N3O3S. The van der Waals surface area contributed by atoms with E-state index in [2.05, 4.69) is 18.1 Å². The molecule has 0 aliphatic rings. The number of carbonyl (C=O) groups is 2. The summed E-state index contributed by atoms with van der Waals surface area (Å²) in [6, 6.07) is 10.6. The molecule has 0 saturated carbocycles. The normalized spacial score (nSPS) is 10.2. The first-order valence-corrected chi connectivity index (χ1v) is 8.28. The molecule has 0 saturated heterocycles. The standard InChI is InChI=1S/C16H15Cl2N3O3S/c17-13-6-5-12(9-14(13)18)24-8-7-20-16(23)21(25)11-3-1-10(2-4-11)15(19)22/h1-6,9,25H,7-8H2,(H2,19,22)(H,20,23). The summed E-state index contributed by atoms with van der Waals surface area (Å²) in [6.45, 7) is 0.501. The molecule has 6 nitrogen and oxygen atoms in total. The number of amides is 3. The third kappa shape index (κ3) is 5.45. The van der Waals surface area contributed by atoms with Crippen molar-refractivity contribution in [2.75, 3.05) is 17.5 Å². The summed E-state index contributed by atoms with van der Waals surface area (Å²) in [5.41, 5.74) is 6.01. The predicted octanol–water partition coefficient (Wildman–Crippen LogP) is 3.53. The van der Waals surface area contributed by atoms with Crippen LogP contribution in [0.15, 0.2) is 42.5 Å². The van der Waals surface area contributed by atoms with Gasteiger partial charge >= 0.3 is 6.03 Å². The number of thiol groups is 1. The van der Waals surface area contributed by atoms with Crippen molar-refractivity contribution in [1.29, 1.82) is 0 Å². The molecule has 2 aromatic carbocycles. The lowest BCUT2D eigenvalue weighted by atomic mass is 10.2. The van der Waals surface area contributed by atoms with Gasteiger partial charge in [-0.25, -0.2) is 9.10 Å². The molecule has 3 amide bonds. The Morgan fingerprint density at radius 1 is 1.12 bits per heavy atom. The van der Waals surface area contributed by atoms with Crippen molar-refractivity contribution in [2.24, 2.45) is 5.73 Å². The van der Waals surface area contributed by atoms with Crippen LogP contribution in [0.4, 0.5) is 10.5 Å². The lowest BCUT2D eigenvalue weighted by Crippen LogP contribution is -2.36. The molecule has 0 aliphatic heterocycles. The molecule has 2 rings (SSSR count). The molecular weight excluding hydrogens is 385 g/mol. The van der Waals surface area contributed by atoms with Crippen molar-refractivity contribution >= 4 is 53.6 Å². The van der Waals surface area contributed by atoms with E-state index < -0.39 is 11.9 Å². The summed E-state index contributed by atoms with van der Waals surface area (Å²) in [6.07, 6.45) is 0. The first kappa shape index (κ1) is 19.2. The molecule has 132 valence electrons. The molecule has 25 heavy (non-hydrogen) atoms. The Bertz CT molecular complexity index is 772. The van der Waals surface area contributed by atoms with Crippen LogP contribution in [0.1, 0.15) is 10.4 Å². The van der Waals surface area contributed by atoms with Crippen LogP contribution in [0.5, 0.6) is 5.75 Å². The topological polar surface area (TPSA) is 84.7 Å². The molecule has 0 aliphatic carbocycles. The summed E-state index contributed by atoms with van der Waals surface area (Å²) in [7, 11) is 0. The number of benzene rings is 2. The van der Waals surface area contributed by atoms with Crippen molar-refractivity contribution in [1.82, 2.24) is 5.32 Å². The predicted molar refractivity (Wildman–Crippen MR) is 102 cm³/mol. The Morgan fingerprint density at radius 3 is 2.40 bits per heavy atom. The van der Waals surface area contributed by atoms with Crippen LogP contribution in [-0.4, -0.2) is 25.1 Å². The number of anilines is 1. The number of halogens is 2. The quantitative estimate of drug-likeness (QED) is 0.512. The van der Waals surface area contributed by atoms with Gasteiger partial charge in [0.1, 0.15) is 12.4 Å². The largest absolute Gasteiger partial charge is 0.492 e. The second-order valence-corrected chi connectivity index (χ2v) is 6.09. The van der Waals surface area contributed by atoms with Gasteiger partial charge in [-0.3, -0.25) is 4.79 Å². The molecule has 0 radical (unpaired) electrons. The first-order chi connectivity index (χ1) is 11.9. The van der Waals surface area contributed by atoms with Gasteiger partial charge in [0.15, 0.2) is 0 Å². The Labute approximate surface area is 160 Å². The highest BCUT2D eigenvalue weighted by molar-refractivity contribution is 7.82. The fraction of sp³-hybridized carbons (Fsp3) is 0.125. The van der Waals surface area contributed by atoms with Gasteiger partial charge in [-0.05, 0) is 36.4 Å². The molecule has 0 fully saturated rings. The van der Waals surface area contributed by atoms with E-state index in [0.717, 1.165) is 4.31 Å². The van der Waals surface area contributed by atoms with Gasteiger partial charge in [-0.2, -0.15) is 0 Å². The van der Waals surface area contributed by atoms with Crippen LogP contribution >= 0.6 is 36.0 Å². The zero-order chi connectivity index (χ0) is 18.4. The smallest absolute Gasteiger partial charge is 0.332 e. The van der Waals surface area contributed by atoms with Crippen molar-refractivity contribution < 1.29 is 14.3 Å². The summed E-state index contributed by atoms with van der Waals surface area (Å²) < 4.78 is 6.58. The first-order valence-electron chi connectivity index (χ1n) is 7.13. The zero-order valence-corrected chi connectivity index (χ0v) is 15.3. The van der Waals surface area contributed by atoms with E-state index in [9.17, 15) is 9.59 Å². The van der Waals surface area contributed by atoms with Gasteiger partial charge in [-0.1, -0.05) is 36.0 Å². The van der Waals surface area contributed by atoms with Gasteiger partial charge < -0.3 is 15.8 Å². The molecule has 0 bridgehead atoms. The fourth-order valence-corrected chi connectivity index (χ4v) is 2.34. The molecule has 0 unspecified atom stereocenters. The van der Waals surface area contributed by atoms with Crippen molar-refractivity contribution in [2.45, 2.75) is 0 Å². The molecule has 2 aromatic rings. The molecule has 0 spiro atoms. The third-order valence-electron chi connectivity index (χ3n) is 3.13. The van der Waals surface area contributed by atoms with Gasteiger partial charge in [-0.15, -0.1) is 0 Å². The van der Waals surface area contributed by atoms with Crippen molar-refractivity contribution in [3.05, 3.63) is 58.1 Å². The summed E-state index contributed by atoms with van der Waals surface area (Å²) in [4.78, 5) is 23.1. The highest BCUT2D eigenvalue weighted by atomic mass is 35.5. The lowest BCUT2D eigenvalue weighted by molar-refractivity contribution is 0.100. The van der Waals surface area contributed by atoms with Gasteiger partial charge in [0, 0.05) is 11.6 Å². The lowest BCUT2D eigenvalue weighted by Gasteiger charge is -2.17. The van der Waals surface area contributed by atoms with Crippen LogP contribution in [0.3, 0.4) is 0 Å². The van der Waals surface area contributed by atoms with Crippen molar-refractivity contribution in [3.8, 4) is 5.75 Å². The second-order valence-electron chi connectivity index (χ2n) is 4.88. The van der Waals surface area contributed by atoms with E-state index in [1.54, 1.807) is 30.3 Å². The average molecular weight is 400 g/mol. The highest BCUT2D eigenvalue weighted by Gasteiger charge is 2.12. The third-order valence-corrected chi connectivity index (χ3v) is 4.28. The molecule has 0 heterocycles. The number of hydrogen-bond acceptors (Lipinski definition) is 4. The van der Waals surface area contributed by atoms with Crippen LogP contribution < -0.4 is 20.1 Å². The maximum absolute atomic E-state index is 12.0. The minimum Gasteiger partial charge on any atom is -0.492 e. The number of urea groups is 1. The van der Waals surface area contributed by atoms with E-state index in [-0.39, 0.29) is 13.2 Å². The number of nitrogens with zero attached hydrogens (tertiary/aromatic N) is 1. The van der Waals surface area contributed by atoms with E-state index >= 15 is 0 Å². The number of nitrogens with one attached hydrogen (secondary N) is 1. The van der Waals surface area contributed by atoms with E-state index in [1.165, 1.54) is 12.1 Å². The minimum atomic E-state index is -0.541. The van der Waals surface area contributed by atoms with Crippen LogP contribution in [0, 0.1) is 0 Å². The molecule has 0 aromatic heterocycles. The summed E-state index contributed by atoms with van der Waals surface area (Å²) in [5.74, 6) is 0.00888. The SMILES string of the molecule is NC(=O)c1ccc(N(S)C(=O)NCCOc2ccc(Cl)c(Cl)c2)cc1. The Kier molecular flexibility index (Phi) is 6.81. The van der Waals surface area contributed by atoms with Crippen LogP contribution in [-0.2, 0) is 0 Å². The number of ether oxygens (including phenoxy) is 1. The zero-order valence-electron chi connectivity index (χ0n) is 12.9. The van der Waals surface area contributed by atoms with Crippen molar-refractivity contribution in [3.63, 3.8) is 0 Å². The Hall–Kier alpha value is -2.09. The Balaban J connectivity index is 1.80. The minimum absolute atomic E-state index is 0.242. The van der Waals surface area contributed by atoms with Gasteiger partial charge in [0.05, 0.1) is 22.3 Å². The number of hydrogen-bond donors (Lipinski definition) is 3. The van der Waals surface area contributed by atoms with Crippen LogP contribution in [0.2, 0.25) is 10.0 Å². The summed E-state index contributed by atoms with van der Waals surface area (Å²) >= 11 is 15.8. The van der Waals surface area contributed by atoms with E-state index in [1.807, 2.05) is 0 Å². The number of primary amides is 1. The monoisotopic (exact) mass is 399 g/mol. The van der Waals surface area contributed by atoms with Crippen LogP contribution in [0.25, 0.3) is 0 Å². The maximum atomic E-state index is 12.0. The average Bonchev–Trinajstić information content (AvgIpc) is 2.61. The highest BCUT2D eigenvalue weighted by Crippen LogP contribution is 2.26. The molecule has 0 atom stereocenters. The Morgan fingerprint density at radius 2 is 1.80 bits per heavy atom. The summed E-state index contributed by atoms with van der Waals surface area (Å²) in [5, 5.41) is 3.48. The van der Waals surface area contributed by atoms with Gasteiger partial charge in [0.2, 0.25) is 5.91 Å². The number of carbonyl (C=O) groups excluding carboxylic acids is 2. The fourth-order valence-electron chi connectivity index (χ4n) is 1.85. The molecule has 3 N–H and O–H groups in total. The maximum Gasteiger partial charge on any atom is 0.332 e. The molecule has 9 heteroatoms.